The van der Waals surface area contributed by atoms with Crippen LogP contribution in [0.4, 0.5) is 5.69 Å². The third-order valence-electron chi connectivity index (χ3n) is 4.84. The number of halogens is 1. The van der Waals surface area contributed by atoms with Crippen molar-refractivity contribution in [3.8, 4) is 5.75 Å². The third-order valence-corrected chi connectivity index (χ3v) is 6.34. The minimum absolute atomic E-state index is 0.0749. The van der Waals surface area contributed by atoms with Crippen molar-refractivity contribution in [2.24, 2.45) is 0 Å². The average molecular weight is 435 g/mol. The molecule has 1 fully saturated rings. The minimum atomic E-state index is -0.431. The van der Waals surface area contributed by atoms with Gasteiger partial charge in [-0.25, -0.2) is 0 Å². The van der Waals surface area contributed by atoms with Crippen LogP contribution in [0.15, 0.2) is 33.4 Å². The molecule has 1 saturated heterocycles. The van der Waals surface area contributed by atoms with E-state index in [-0.39, 0.29) is 11.8 Å². The van der Waals surface area contributed by atoms with Gasteiger partial charge in [0, 0.05) is 24.0 Å². The van der Waals surface area contributed by atoms with E-state index < -0.39 is 6.04 Å². The number of piperidine rings is 1. The molecule has 0 saturated carbocycles. The van der Waals surface area contributed by atoms with Gasteiger partial charge in [-0.2, -0.15) is 0 Å². The van der Waals surface area contributed by atoms with Gasteiger partial charge in [0.05, 0.1) is 16.0 Å². The van der Waals surface area contributed by atoms with Crippen LogP contribution < -0.4 is 10.1 Å². The van der Waals surface area contributed by atoms with Crippen molar-refractivity contribution in [2.75, 3.05) is 18.5 Å². The molecule has 0 aliphatic carbocycles. The first-order valence-electron chi connectivity index (χ1n) is 8.73. The second-order valence-corrected chi connectivity index (χ2v) is 8.85. The summed E-state index contributed by atoms with van der Waals surface area (Å²) in [6.45, 7) is 1.30. The molecular formula is C19H19BrN2O3S. The van der Waals surface area contributed by atoms with Gasteiger partial charge in [0.25, 0.3) is 5.91 Å². The van der Waals surface area contributed by atoms with E-state index in [0.29, 0.717) is 25.1 Å². The van der Waals surface area contributed by atoms with Crippen LogP contribution in [0.5, 0.6) is 5.75 Å². The van der Waals surface area contributed by atoms with E-state index >= 15 is 0 Å². The number of rotatable bonds is 3. The summed E-state index contributed by atoms with van der Waals surface area (Å²) in [6, 6.07) is 7.10. The number of anilines is 1. The maximum atomic E-state index is 12.9. The van der Waals surface area contributed by atoms with Gasteiger partial charge in [0.1, 0.15) is 11.8 Å². The molecule has 26 heavy (non-hydrogen) atoms. The van der Waals surface area contributed by atoms with Crippen LogP contribution >= 0.6 is 27.3 Å². The molecular weight excluding hydrogens is 416 g/mol. The lowest BCUT2D eigenvalue weighted by atomic mass is 10.00. The first-order chi connectivity index (χ1) is 12.6. The van der Waals surface area contributed by atoms with Crippen molar-refractivity contribution in [1.82, 2.24) is 4.90 Å². The average Bonchev–Trinajstić information content (AvgIpc) is 3.29. The molecule has 1 aromatic heterocycles. The quantitative estimate of drug-likeness (QED) is 0.791. The highest BCUT2D eigenvalue weighted by Gasteiger charge is 2.33. The number of amides is 2. The van der Waals surface area contributed by atoms with E-state index in [2.05, 4.69) is 21.2 Å². The van der Waals surface area contributed by atoms with Crippen LogP contribution in [0, 0.1) is 0 Å². The molecule has 1 aromatic carbocycles. The predicted molar refractivity (Wildman–Crippen MR) is 105 cm³/mol. The van der Waals surface area contributed by atoms with Crippen molar-refractivity contribution < 1.29 is 14.3 Å². The van der Waals surface area contributed by atoms with Crippen molar-refractivity contribution in [2.45, 2.75) is 31.7 Å². The summed E-state index contributed by atoms with van der Waals surface area (Å²) in [5, 5.41) is 4.82. The zero-order valence-electron chi connectivity index (χ0n) is 14.2. The lowest BCUT2D eigenvalue weighted by Crippen LogP contribution is -2.49. The summed E-state index contributed by atoms with van der Waals surface area (Å²) in [4.78, 5) is 27.4. The fourth-order valence-corrected chi connectivity index (χ4v) is 4.66. The molecule has 2 amide bonds. The summed E-state index contributed by atoms with van der Waals surface area (Å²) in [7, 11) is 0. The predicted octanol–water partition coefficient (Wildman–Crippen LogP) is 4.08. The number of ether oxygens (including phenoxy) is 1. The van der Waals surface area contributed by atoms with Crippen molar-refractivity contribution in [1.29, 1.82) is 0 Å². The Morgan fingerprint density at radius 3 is 2.96 bits per heavy atom. The van der Waals surface area contributed by atoms with Gasteiger partial charge in [0.15, 0.2) is 0 Å². The fraction of sp³-hybridized carbons (Fsp3) is 0.368. The van der Waals surface area contributed by atoms with Crippen LogP contribution in [0.2, 0.25) is 0 Å². The smallest absolute Gasteiger partial charge is 0.255 e. The molecule has 7 heteroatoms. The largest absolute Gasteiger partial charge is 0.493 e. The highest BCUT2D eigenvalue weighted by molar-refractivity contribution is 9.11. The molecule has 2 aliphatic heterocycles. The van der Waals surface area contributed by atoms with Gasteiger partial charge >= 0.3 is 0 Å². The number of nitrogens with one attached hydrogen (secondary N) is 1. The Bertz CT molecular complexity index is 851. The number of fused-ring (bicyclic) bond motifs is 1. The summed E-state index contributed by atoms with van der Waals surface area (Å²) >= 11 is 4.87. The van der Waals surface area contributed by atoms with E-state index in [1.54, 1.807) is 4.90 Å². The normalized spacial score (nSPS) is 19.0. The topological polar surface area (TPSA) is 58.6 Å². The van der Waals surface area contributed by atoms with Crippen LogP contribution in [0.3, 0.4) is 0 Å². The molecule has 0 bridgehead atoms. The molecule has 3 heterocycles. The molecule has 5 nitrogen and oxygen atoms in total. The van der Waals surface area contributed by atoms with Gasteiger partial charge in [-0.15, -0.1) is 11.3 Å². The Morgan fingerprint density at radius 2 is 2.15 bits per heavy atom. The number of hydrogen-bond donors (Lipinski definition) is 1. The van der Waals surface area contributed by atoms with Crippen molar-refractivity contribution in [3.63, 3.8) is 0 Å². The Kier molecular flexibility index (Phi) is 5.00. The van der Waals surface area contributed by atoms with E-state index in [0.717, 1.165) is 40.0 Å². The van der Waals surface area contributed by atoms with Crippen molar-refractivity contribution in [3.05, 3.63) is 44.6 Å². The van der Waals surface area contributed by atoms with Gasteiger partial charge in [-0.05, 0) is 65.0 Å². The first kappa shape index (κ1) is 17.5. The van der Waals surface area contributed by atoms with E-state index in [9.17, 15) is 9.59 Å². The molecule has 0 spiro atoms. The Balaban J connectivity index is 1.50. The zero-order chi connectivity index (χ0) is 18.1. The summed E-state index contributed by atoms with van der Waals surface area (Å²) in [6.07, 6.45) is 3.43. The highest BCUT2D eigenvalue weighted by Crippen LogP contribution is 2.29. The number of thiophene rings is 1. The second kappa shape index (κ2) is 7.40. The summed E-state index contributed by atoms with van der Waals surface area (Å²) in [5.41, 5.74) is 2.51. The SMILES string of the molecule is O=C(Nc1ccc2c(c1)CCO2)C1CCCCN1C(=O)c1csc(Br)c1. The zero-order valence-corrected chi connectivity index (χ0v) is 16.6. The number of carbonyl (C=O) groups excluding carboxylic acids is 2. The Morgan fingerprint density at radius 1 is 1.27 bits per heavy atom. The van der Waals surface area contributed by atoms with Gasteiger partial charge in [-0.3, -0.25) is 9.59 Å². The second-order valence-electron chi connectivity index (χ2n) is 6.56. The Hall–Kier alpha value is -1.86. The van der Waals surface area contributed by atoms with Gasteiger partial charge in [0.2, 0.25) is 5.91 Å². The molecule has 136 valence electrons. The van der Waals surface area contributed by atoms with Crippen molar-refractivity contribution >= 4 is 44.8 Å². The molecule has 1 atom stereocenters. The molecule has 2 aromatic rings. The number of nitrogens with zero attached hydrogens (tertiary/aromatic N) is 1. The van der Waals surface area contributed by atoms with E-state index in [4.69, 9.17) is 4.74 Å². The summed E-state index contributed by atoms with van der Waals surface area (Å²) in [5.74, 6) is 0.695. The van der Waals surface area contributed by atoms with Crippen LogP contribution in [0.1, 0.15) is 35.2 Å². The lowest BCUT2D eigenvalue weighted by Gasteiger charge is -2.34. The number of benzene rings is 1. The minimum Gasteiger partial charge on any atom is -0.493 e. The van der Waals surface area contributed by atoms with E-state index in [1.165, 1.54) is 11.3 Å². The molecule has 4 rings (SSSR count). The number of hydrogen-bond acceptors (Lipinski definition) is 4. The maximum Gasteiger partial charge on any atom is 0.255 e. The molecule has 0 radical (unpaired) electrons. The third kappa shape index (κ3) is 3.50. The van der Waals surface area contributed by atoms with Crippen LogP contribution in [-0.4, -0.2) is 35.9 Å². The number of carbonyl (C=O) groups is 2. The standard InChI is InChI=1S/C19H19BrN2O3S/c20-17-10-13(11-26-17)19(24)22-7-2-1-3-15(22)18(23)21-14-4-5-16-12(9-14)6-8-25-16/h4-5,9-11,15H,1-3,6-8H2,(H,21,23). The van der Waals surface area contributed by atoms with Gasteiger partial charge in [-0.1, -0.05) is 0 Å². The van der Waals surface area contributed by atoms with Crippen LogP contribution in [0.25, 0.3) is 0 Å². The first-order valence-corrected chi connectivity index (χ1v) is 10.4. The number of likely N-dealkylation sites (tertiary alicyclic amines) is 1. The van der Waals surface area contributed by atoms with E-state index in [1.807, 2.05) is 29.6 Å². The summed E-state index contributed by atoms with van der Waals surface area (Å²) < 4.78 is 6.42. The fourth-order valence-electron chi connectivity index (χ4n) is 3.53. The highest BCUT2D eigenvalue weighted by atomic mass is 79.9. The Labute approximate surface area is 164 Å². The molecule has 2 aliphatic rings. The monoisotopic (exact) mass is 434 g/mol. The van der Waals surface area contributed by atoms with Crippen LogP contribution in [-0.2, 0) is 11.2 Å². The molecule has 1 unspecified atom stereocenters. The molecule has 1 N–H and O–H groups in total. The lowest BCUT2D eigenvalue weighted by molar-refractivity contribution is -0.121. The maximum absolute atomic E-state index is 12.9. The van der Waals surface area contributed by atoms with Gasteiger partial charge < -0.3 is 15.0 Å².